The van der Waals surface area contributed by atoms with Gasteiger partial charge in [0, 0.05) is 6.04 Å². The zero-order valence-corrected chi connectivity index (χ0v) is 10.0. The molecular weight excluding hydrogens is 256 g/mol. The molecule has 3 N–H and O–H groups in total. The number of carbonyl (C=O) groups excluding carboxylic acids is 2. The molecule has 102 valence electrons. The summed E-state index contributed by atoms with van der Waals surface area (Å²) in [4.78, 5) is 22.7. The third-order valence-corrected chi connectivity index (χ3v) is 2.55. The Bertz CT molecular complexity index is 483. The van der Waals surface area contributed by atoms with Gasteiger partial charge in [-0.15, -0.1) is 0 Å². The van der Waals surface area contributed by atoms with Crippen LogP contribution in [0.3, 0.4) is 0 Å². The average Bonchev–Trinajstić information content (AvgIpc) is 3.15. The van der Waals surface area contributed by atoms with Crippen LogP contribution in [0.2, 0.25) is 0 Å². The highest BCUT2D eigenvalue weighted by atomic mass is 19.1. The minimum atomic E-state index is -0.865. The fourth-order valence-corrected chi connectivity index (χ4v) is 1.43. The molecular formula is C12H13F2N3O2. The molecule has 0 unspecified atom stereocenters. The van der Waals surface area contributed by atoms with Crippen molar-refractivity contribution < 1.29 is 18.4 Å². The number of anilines is 1. The van der Waals surface area contributed by atoms with Crippen LogP contribution >= 0.6 is 0 Å². The van der Waals surface area contributed by atoms with Crippen molar-refractivity contribution in [2.45, 2.75) is 18.9 Å². The number of benzene rings is 1. The Morgan fingerprint density at radius 2 is 1.84 bits per heavy atom. The number of hydrogen-bond acceptors (Lipinski definition) is 2. The third kappa shape index (κ3) is 3.90. The Balaban J connectivity index is 1.81. The molecule has 0 atom stereocenters. The lowest BCUT2D eigenvalue weighted by Crippen LogP contribution is -2.41. The van der Waals surface area contributed by atoms with Crippen molar-refractivity contribution in [2.75, 3.05) is 11.9 Å². The zero-order valence-electron chi connectivity index (χ0n) is 10.0. The highest BCUT2D eigenvalue weighted by molar-refractivity contribution is 5.94. The largest absolute Gasteiger partial charge is 0.335 e. The summed E-state index contributed by atoms with van der Waals surface area (Å²) in [7, 11) is 0. The molecule has 0 radical (unpaired) electrons. The maximum atomic E-state index is 13.2. The molecule has 7 heteroatoms. The molecule has 1 aromatic rings. The number of urea groups is 1. The second-order valence-corrected chi connectivity index (χ2v) is 4.25. The van der Waals surface area contributed by atoms with Crippen LogP contribution < -0.4 is 16.0 Å². The summed E-state index contributed by atoms with van der Waals surface area (Å²) in [6.07, 6.45) is 1.86. The molecule has 0 heterocycles. The van der Waals surface area contributed by atoms with Crippen molar-refractivity contribution >= 4 is 17.6 Å². The Kier molecular flexibility index (Phi) is 3.94. The van der Waals surface area contributed by atoms with E-state index in [0.717, 1.165) is 25.0 Å². The van der Waals surface area contributed by atoms with E-state index in [1.807, 2.05) is 0 Å². The number of carbonyl (C=O) groups is 2. The van der Waals surface area contributed by atoms with Gasteiger partial charge in [0.25, 0.3) is 0 Å². The van der Waals surface area contributed by atoms with Gasteiger partial charge in [0.2, 0.25) is 5.91 Å². The molecule has 0 saturated heterocycles. The molecule has 3 amide bonds. The first-order chi connectivity index (χ1) is 9.06. The lowest BCUT2D eigenvalue weighted by Gasteiger charge is -2.09. The summed E-state index contributed by atoms with van der Waals surface area (Å²) in [5.74, 6) is -2.43. The number of halogens is 2. The van der Waals surface area contributed by atoms with Gasteiger partial charge in [-0.05, 0) is 25.0 Å². The first kappa shape index (κ1) is 13.3. The summed E-state index contributed by atoms with van der Waals surface area (Å²) in [6.45, 7) is -0.355. The summed E-state index contributed by atoms with van der Waals surface area (Å²) in [5, 5.41) is 6.99. The molecule has 1 saturated carbocycles. The van der Waals surface area contributed by atoms with Crippen LogP contribution in [0.15, 0.2) is 18.2 Å². The molecule has 5 nitrogen and oxygen atoms in total. The van der Waals surface area contributed by atoms with Crippen LogP contribution in [0.1, 0.15) is 12.8 Å². The minimum Gasteiger partial charge on any atom is -0.335 e. The van der Waals surface area contributed by atoms with Crippen LogP contribution in [0.5, 0.6) is 0 Å². The summed E-state index contributed by atoms with van der Waals surface area (Å²) < 4.78 is 26.5. The molecule has 19 heavy (non-hydrogen) atoms. The highest BCUT2D eigenvalue weighted by Crippen LogP contribution is 2.18. The predicted molar refractivity (Wildman–Crippen MR) is 64.5 cm³/mol. The van der Waals surface area contributed by atoms with E-state index in [0.29, 0.717) is 0 Å². The van der Waals surface area contributed by atoms with Crippen LogP contribution in [0.25, 0.3) is 0 Å². The van der Waals surface area contributed by atoms with E-state index in [2.05, 4.69) is 16.0 Å². The van der Waals surface area contributed by atoms with E-state index in [1.54, 1.807) is 0 Å². The number of nitrogens with one attached hydrogen (secondary N) is 3. The van der Waals surface area contributed by atoms with E-state index in [1.165, 1.54) is 6.07 Å². The van der Waals surface area contributed by atoms with Gasteiger partial charge in [-0.25, -0.2) is 13.6 Å². The van der Waals surface area contributed by atoms with Crippen LogP contribution in [-0.2, 0) is 4.79 Å². The van der Waals surface area contributed by atoms with Crippen LogP contribution in [0, 0.1) is 11.6 Å². The van der Waals surface area contributed by atoms with Crippen molar-refractivity contribution in [2.24, 2.45) is 0 Å². The fraction of sp³-hybridized carbons (Fsp3) is 0.333. The van der Waals surface area contributed by atoms with Crippen molar-refractivity contribution in [3.8, 4) is 0 Å². The van der Waals surface area contributed by atoms with E-state index in [4.69, 9.17) is 0 Å². The molecule has 0 aliphatic heterocycles. The summed E-state index contributed by atoms with van der Waals surface area (Å²) in [5.41, 5.74) is -0.517. The van der Waals surface area contributed by atoms with Gasteiger partial charge in [-0.3, -0.25) is 4.79 Å². The number of para-hydroxylation sites is 1. The van der Waals surface area contributed by atoms with Crippen molar-refractivity contribution in [3.05, 3.63) is 29.8 Å². The predicted octanol–water partition coefficient (Wildman–Crippen LogP) is 1.36. The number of rotatable bonds is 4. The van der Waals surface area contributed by atoms with E-state index in [-0.39, 0.29) is 12.6 Å². The van der Waals surface area contributed by atoms with Crippen molar-refractivity contribution in [1.29, 1.82) is 0 Å². The Labute approximate surface area is 108 Å². The lowest BCUT2D eigenvalue weighted by atomic mass is 10.3. The topological polar surface area (TPSA) is 70.2 Å². The van der Waals surface area contributed by atoms with E-state index < -0.39 is 29.3 Å². The van der Waals surface area contributed by atoms with Crippen LogP contribution in [-0.4, -0.2) is 24.5 Å². The smallest absolute Gasteiger partial charge is 0.315 e. The molecule has 0 spiro atoms. The number of hydrogen-bond donors (Lipinski definition) is 3. The van der Waals surface area contributed by atoms with Crippen molar-refractivity contribution in [1.82, 2.24) is 10.6 Å². The van der Waals surface area contributed by atoms with Gasteiger partial charge in [0.05, 0.1) is 6.54 Å². The van der Waals surface area contributed by atoms with Gasteiger partial charge in [-0.1, -0.05) is 6.07 Å². The normalized spacial score (nSPS) is 13.8. The van der Waals surface area contributed by atoms with Crippen molar-refractivity contribution in [3.63, 3.8) is 0 Å². The standard InChI is InChI=1S/C12H13F2N3O2/c13-8-2-1-3-9(14)11(8)17-10(18)6-15-12(19)16-7-4-5-7/h1-3,7H,4-6H2,(H,17,18)(H2,15,16,19). The van der Waals surface area contributed by atoms with Crippen LogP contribution in [0.4, 0.5) is 19.3 Å². The molecule has 2 rings (SSSR count). The molecule has 0 bridgehead atoms. The summed E-state index contributed by atoms with van der Waals surface area (Å²) in [6, 6.07) is 2.97. The monoisotopic (exact) mass is 269 g/mol. The van der Waals surface area contributed by atoms with Gasteiger partial charge in [0.1, 0.15) is 17.3 Å². The molecule has 1 aliphatic carbocycles. The molecule has 1 aliphatic rings. The Morgan fingerprint density at radius 3 is 2.42 bits per heavy atom. The van der Waals surface area contributed by atoms with Gasteiger partial charge in [-0.2, -0.15) is 0 Å². The highest BCUT2D eigenvalue weighted by Gasteiger charge is 2.23. The Morgan fingerprint density at radius 1 is 1.21 bits per heavy atom. The van der Waals surface area contributed by atoms with Gasteiger partial charge >= 0.3 is 6.03 Å². The Hall–Kier alpha value is -2.18. The zero-order chi connectivity index (χ0) is 13.8. The average molecular weight is 269 g/mol. The SMILES string of the molecule is O=C(CNC(=O)NC1CC1)Nc1c(F)cccc1F. The summed E-state index contributed by atoms with van der Waals surface area (Å²) >= 11 is 0. The fourth-order valence-electron chi connectivity index (χ4n) is 1.43. The van der Waals surface area contributed by atoms with E-state index >= 15 is 0 Å². The van der Waals surface area contributed by atoms with Gasteiger partial charge < -0.3 is 16.0 Å². The number of amides is 3. The molecule has 1 fully saturated rings. The minimum absolute atomic E-state index is 0.173. The van der Waals surface area contributed by atoms with E-state index in [9.17, 15) is 18.4 Å². The molecule has 1 aromatic carbocycles. The maximum absolute atomic E-state index is 13.2. The second kappa shape index (κ2) is 5.64. The quantitative estimate of drug-likeness (QED) is 0.772. The first-order valence-corrected chi connectivity index (χ1v) is 5.84. The third-order valence-electron chi connectivity index (χ3n) is 2.55. The maximum Gasteiger partial charge on any atom is 0.315 e. The second-order valence-electron chi connectivity index (χ2n) is 4.25. The molecule has 0 aromatic heterocycles. The lowest BCUT2D eigenvalue weighted by molar-refractivity contribution is -0.115. The first-order valence-electron chi connectivity index (χ1n) is 5.84. The van der Waals surface area contributed by atoms with Gasteiger partial charge in [0.15, 0.2) is 0 Å².